The predicted octanol–water partition coefficient (Wildman–Crippen LogP) is 4.98. The molecule has 1 aliphatic rings. The number of nitriles is 2. The maximum absolute atomic E-state index is 12.6. The Balaban J connectivity index is 1.71. The molecule has 0 atom stereocenters. The van der Waals surface area contributed by atoms with Crippen LogP contribution in [-0.2, 0) is 4.79 Å². The topological polar surface area (TPSA) is 73.9 Å². The molecule has 134 valence electrons. The number of ether oxygens (including phenoxy) is 1. The minimum absolute atomic E-state index is 0.0786. The van der Waals surface area contributed by atoms with Gasteiger partial charge in [-0.1, -0.05) is 12.2 Å². The van der Waals surface area contributed by atoms with E-state index in [4.69, 9.17) is 15.3 Å². The average Bonchev–Trinajstić information content (AvgIpc) is 2.68. The van der Waals surface area contributed by atoms with Crippen LogP contribution in [0.2, 0.25) is 0 Å². The number of nitrogens with zero attached hydrogens (tertiary/aromatic N) is 2. The van der Waals surface area contributed by atoms with Gasteiger partial charge in [-0.3, -0.25) is 4.79 Å². The van der Waals surface area contributed by atoms with E-state index in [1.54, 1.807) is 30.3 Å². The molecule has 0 bridgehead atoms. The van der Waals surface area contributed by atoms with Gasteiger partial charge in [0, 0.05) is 0 Å². The molecule has 2 rings (SSSR count). The van der Waals surface area contributed by atoms with Crippen LogP contribution >= 0.6 is 0 Å². The van der Waals surface area contributed by atoms with Gasteiger partial charge in [0.15, 0.2) is 5.83 Å². The summed E-state index contributed by atoms with van der Waals surface area (Å²) in [5.41, 5.74) is 0.533. The molecule has 0 radical (unpaired) electrons. The van der Waals surface area contributed by atoms with Crippen molar-refractivity contribution in [3.8, 4) is 17.9 Å². The van der Waals surface area contributed by atoms with E-state index >= 15 is 0 Å². The standard InChI is InChI=1S/C21H21FN2O2/c22-19(15-24)5-3-1-2-4-16-6-10-18(11-7-16)21(25)26-20-12-8-17(14-23)9-13-20/h1,3,5,8-9,12-13,16,18H,2,4,6-7,10-11H2/t16-,18-. The second-order valence-electron chi connectivity index (χ2n) is 6.41. The Morgan fingerprint density at radius 1 is 1.19 bits per heavy atom. The summed E-state index contributed by atoms with van der Waals surface area (Å²) in [4.78, 5) is 12.3. The molecule has 4 nitrogen and oxygen atoms in total. The number of benzene rings is 1. The third kappa shape index (κ3) is 6.18. The maximum Gasteiger partial charge on any atom is 0.314 e. The Morgan fingerprint density at radius 3 is 2.50 bits per heavy atom. The van der Waals surface area contributed by atoms with Crippen LogP contribution in [0, 0.1) is 34.5 Å². The first-order chi connectivity index (χ1) is 12.6. The van der Waals surface area contributed by atoms with E-state index in [-0.39, 0.29) is 11.9 Å². The largest absolute Gasteiger partial charge is 0.426 e. The lowest BCUT2D eigenvalue weighted by Gasteiger charge is -2.26. The Bertz CT molecular complexity index is 746. The van der Waals surface area contributed by atoms with Gasteiger partial charge in [0.2, 0.25) is 0 Å². The first kappa shape index (κ1) is 19.4. The molecule has 1 saturated carbocycles. The molecule has 1 aromatic rings. The first-order valence-electron chi connectivity index (χ1n) is 8.76. The third-order valence-corrected chi connectivity index (χ3v) is 4.61. The smallest absolute Gasteiger partial charge is 0.314 e. The van der Waals surface area contributed by atoms with Crippen LogP contribution in [0.5, 0.6) is 5.75 Å². The number of carbonyl (C=O) groups is 1. The number of rotatable bonds is 6. The van der Waals surface area contributed by atoms with Crippen molar-refractivity contribution in [1.82, 2.24) is 0 Å². The molecule has 26 heavy (non-hydrogen) atoms. The predicted molar refractivity (Wildman–Crippen MR) is 95.4 cm³/mol. The molecule has 0 unspecified atom stereocenters. The Labute approximate surface area is 153 Å². The monoisotopic (exact) mass is 352 g/mol. The summed E-state index contributed by atoms with van der Waals surface area (Å²) in [6, 6.07) is 9.99. The molecule has 1 aromatic carbocycles. The van der Waals surface area contributed by atoms with Gasteiger partial charge in [0.25, 0.3) is 0 Å². The fourth-order valence-corrected chi connectivity index (χ4v) is 3.10. The van der Waals surface area contributed by atoms with Crippen molar-refractivity contribution in [3.63, 3.8) is 0 Å². The third-order valence-electron chi connectivity index (χ3n) is 4.61. The summed E-state index contributed by atoms with van der Waals surface area (Å²) in [5.74, 6) is -0.0416. The van der Waals surface area contributed by atoms with E-state index < -0.39 is 5.83 Å². The van der Waals surface area contributed by atoms with Gasteiger partial charge in [-0.2, -0.15) is 14.9 Å². The highest BCUT2D eigenvalue weighted by Crippen LogP contribution is 2.32. The van der Waals surface area contributed by atoms with Crippen LogP contribution < -0.4 is 4.74 Å². The van der Waals surface area contributed by atoms with Crippen molar-refractivity contribution in [2.24, 2.45) is 11.8 Å². The van der Waals surface area contributed by atoms with Crippen molar-refractivity contribution in [2.75, 3.05) is 0 Å². The van der Waals surface area contributed by atoms with Gasteiger partial charge in [-0.05, 0) is 74.8 Å². The van der Waals surface area contributed by atoms with E-state index in [2.05, 4.69) is 0 Å². The van der Waals surface area contributed by atoms with Crippen LogP contribution in [0.4, 0.5) is 4.39 Å². The van der Waals surface area contributed by atoms with Gasteiger partial charge in [0.05, 0.1) is 17.6 Å². The summed E-state index contributed by atoms with van der Waals surface area (Å²) in [5, 5.41) is 17.1. The number of esters is 1. The lowest BCUT2D eigenvalue weighted by molar-refractivity contribution is -0.140. The minimum atomic E-state index is -0.789. The molecule has 0 spiro atoms. The molecular weight excluding hydrogens is 331 g/mol. The summed E-state index contributed by atoms with van der Waals surface area (Å²) < 4.78 is 18.0. The van der Waals surface area contributed by atoms with E-state index in [1.165, 1.54) is 6.07 Å². The molecule has 1 fully saturated rings. The lowest BCUT2D eigenvalue weighted by atomic mass is 9.80. The van der Waals surface area contributed by atoms with Gasteiger partial charge in [-0.15, -0.1) is 0 Å². The molecule has 0 amide bonds. The zero-order chi connectivity index (χ0) is 18.8. The molecule has 0 saturated heterocycles. The van der Waals surface area contributed by atoms with E-state index in [0.717, 1.165) is 44.6 Å². The van der Waals surface area contributed by atoms with Gasteiger partial charge in [-0.25, -0.2) is 0 Å². The quantitative estimate of drug-likeness (QED) is 0.313. The fourth-order valence-electron chi connectivity index (χ4n) is 3.10. The summed E-state index contributed by atoms with van der Waals surface area (Å²) in [7, 11) is 0. The molecule has 5 heteroatoms. The van der Waals surface area contributed by atoms with Crippen molar-refractivity contribution in [3.05, 3.63) is 53.9 Å². The van der Waals surface area contributed by atoms with Crippen molar-refractivity contribution in [1.29, 1.82) is 10.5 Å². The highest BCUT2D eigenvalue weighted by Gasteiger charge is 2.27. The van der Waals surface area contributed by atoms with E-state index in [0.29, 0.717) is 17.2 Å². The second-order valence-corrected chi connectivity index (χ2v) is 6.41. The zero-order valence-corrected chi connectivity index (χ0v) is 14.5. The van der Waals surface area contributed by atoms with Crippen LogP contribution in [0.3, 0.4) is 0 Å². The van der Waals surface area contributed by atoms with Gasteiger partial charge < -0.3 is 4.74 Å². The van der Waals surface area contributed by atoms with Crippen LogP contribution in [0.15, 0.2) is 48.3 Å². The number of hydrogen-bond donors (Lipinski definition) is 0. The maximum atomic E-state index is 12.6. The van der Waals surface area contributed by atoms with Crippen LogP contribution in [0.25, 0.3) is 0 Å². The van der Waals surface area contributed by atoms with Gasteiger partial charge in [0.1, 0.15) is 11.8 Å². The molecule has 0 aromatic heterocycles. The Hall–Kier alpha value is -2.92. The van der Waals surface area contributed by atoms with E-state index in [1.807, 2.05) is 12.1 Å². The first-order valence-corrected chi connectivity index (χ1v) is 8.76. The number of hydrogen-bond acceptors (Lipinski definition) is 4. The highest BCUT2D eigenvalue weighted by molar-refractivity contribution is 5.75. The number of carbonyl (C=O) groups excluding carboxylic acids is 1. The normalized spacial score (nSPS) is 20.3. The number of allylic oxidation sites excluding steroid dienone is 4. The second kappa shape index (κ2) is 10.2. The molecule has 0 N–H and O–H groups in total. The molecule has 1 aliphatic carbocycles. The van der Waals surface area contributed by atoms with E-state index in [9.17, 15) is 9.18 Å². The van der Waals surface area contributed by atoms with Crippen molar-refractivity contribution in [2.45, 2.75) is 38.5 Å². The summed E-state index contributed by atoms with van der Waals surface area (Å²) in [6.45, 7) is 0. The zero-order valence-electron chi connectivity index (χ0n) is 14.5. The minimum Gasteiger partial charge on any atom is -0.426 e. The summed E-state index contributed by atoms with van der Waals surface area (Å²) >= 11 is 0. The lowest BCUT2D eigenvalue weighted by Crippen LogP contribution is -2.25. The van der Waals surface area contributed by atoms with Crippen LogP contribution in [0.1, 0.15) is 44.1 Å². The fraction of sp³-hybridized carbons (Fsp3) is 0.381. The van der Waals surface area contributed by atoms with Crippen molar-refractivity contribution < 1.29 is 13.9 Å². The van der Waals surface area contributed by atoms with Gasteiger partial charge >= 0.3 is 5.97 Å². The molecule has 0 heterocycles. The van der Waals surface area contributed by atoms with Crippen molar-refractivity contribution >= 4 is 5.97 Å². The number of halogens is 1. The Kier molecular flexibility index (Phi) is 7.58. The highest BCUT2D eigenvalue weighted by atomic mass is 19.1. The Morgan fingerprint density at radius 2 is 1.88 bits per heavy atom. The molecular formula is C21H21FN2O2. The summed E-state index contributed by atoms with van der Waals surface area (Å²) in [6.07, 6.45) is 10.00. The van der Waals surface area contributed by atoms with Crippen LogP contribution in [-0.4, -0.2) is 5.97 Å². The molecule has 0 aliphatic heterocycles. The average molecular weight is 352 g/mol. The SMILES string of the molecule is N#CC(F)=CC=CCC[C@H]1CC[C@H](C(=O)Oc2ccc(C#N)cc2)CC1.